The smallest absolute Gasteiger partial charge is 0.234 e. The standard InChI is InChI=1S/C13H27N3O2/c1-3-14-10-12-4-7-16(8-5-12)11-13(17)15-6-9-18-2/h12,14H,3-11H2,1-2H3,(H,15,17). The molecule has 1 amide bonds. The third kappa shape index (κ3) is 6.33. The van der Waals surface area contributed by atoms with E-state index in [9.17, 15) is 4.79 Å². The fraction of sp³-hybridized carbons (Fsp3) is 0.923. The predicted octanol–water partition coefficient (Wildman–Crippen LogP) is 0.0705. The van der Waals surface area contributed by atoms with Crippen LogP contribution in [0.4, 0.5) is 0 Å². The molecule has 0 atom stereocenters. The Bertz CT molecular complexity index is 228. The number of carbonyl (C=O) groups excluding carboxylic acids is 1. The molecule has 1 saturated heterocycles. The van der Waals surface area contributed by atoms with Crippen LogP contribution in [-0.2, 0) is 9.53 Å². The quantitative estimate of drug-likeness (QED) is 0.604. The minimum atomic E-state index is 0.109. The fourth-order valence-electron chi connectivity index (χ4n) is 2.25. The minimum absolute atomic E-state index is 0.109. The number of hydrogen-bond donors (Lipinski definition) is 2. The van der Waals surface area contributed by atoms with E-state index in [1.807, 2.05) is 0 Å². The molecule has 5 nitrogen and oxygen atoms in total. The number of ether oxygens (including phenoxy) is 1. The molecule has 1 aliphatic rings. The van der Waals surface area contributed by atoms with E-state index < -0.39 is 0 Å². The molecule has 2 N–H and O–H groups in total. The molecule has 0 spiro atoms. The van der Waals surface area contributed by atoms with Crippen LogP contribution in [0.2, 0.25) is 0 Å². The first-order valence-electron chi connectivity index (χ1n) is 6.95. The summed E-state index contributed by atoms with van der Waals surface area (Å²) < 4.78 is 4.90. The van der Waals surface area contributed by atoms with Crippen molar-refractivity contribution in [2.75, 3.05) is 53.0 Å². The molecule has 0 aromatic heterocycles. The van der Waals surface area contributed by atoms with Crippen LogP contribution in [0.1, 0.15) is 19.8 Å². The first kappa shape index (κ1) is 15.4. The van der Waals surface area contributed by atoms with Gasteiger partial charge in [0.15, 0.2) is 0 Å². The number of piperidine rings is 1. The van der Waals surface area contributed by atoms with Gasteiger partial charge in [-0.05, 0) is 44.9 Å². The summed E-state index contributed by atoms with van der Waals surface area (Å²) in [5.41, 5.74) is 0. The van der Waals surface area contributed by atoms with Gasteiger partial charge in [0.2, 0.25) is 5.91 Å². The summed E-state index contributed by atoms with van der Waals surface area (Å²) in [6.07, 6.45) is 2.39. The van der Waals surface area contributed by atoms with Crippen molar-refractivity contribution in [3.63, 3.8) is 0 Å². The molecular weight excluding hydrogens is 230 g/mol. The Labute approximate surface area is 110 Å². The van der Waals surface area contributed by atoms with E-state index in [2.05, 4.69) is 22.5 Å². The monoisotopic (exact) mass is 257 g/mol. The molecule has 18 heavy (non-hydrogen) atoms. The summed E-state index contributed by atoms with van der Waals surface area (Å²) in [6, 6.07) is 0. The van der Waals surface area contributed by atoms with Crippen LogP contribution in [0.15, 0.2) is 0 Å². The zero-order valence-corrected chi connectivity index (χ0v) is 11.7. The Hall–Kier alpha value is -0.650. The molecule has 0 unspecified atom stereocenters. The molecule has 0 bridgehead atoms. The predicted molar refractivity (Wildman–Crippen MR) is 72.6 cm³/mol. The zero-order valence-electron chi connectivity index (χ0n) is 11.7. The van der Waals surface area contributed by atoms with Gasteiger partial charge in [0.05, 0.1) is 13.2 Å². The average Bonchev–Trinajstić information content (AvgIpc) is 2.38. The third-order valence-electron chi connectivity index (χ3n) is 3.39. The highest BCUT2D eigenvalue weighted by atomic mass is 16.5. The summed E-state index contributed by atoms with van der Waals surface area (Å²) in [7, 11) is 1.64. The molecule has 1 rings (SSSR count). The van der Waals surface area contributed by atoms with E-state index in [0.29, 0.717) is 19.7 Å². The van der Waals surface area contributed by atoms with Gasteiger partial charge in [-0.25, -0.2) is 0 Å². The lowest BCUT2D eigenvalue weighted by molar-refractivity contribution is -0.122. The Morgan fingerprint density at radius 3 is 2.72 bits per heavy atom. The molecule has 5 heteroatoms. The van der Waals surface area contributed by atoms with Crippen LogP contribution in [0.25, 0.3) is 0 Å². The highest BCUT2D eigenvalue weighted by Crippen LogP contribution is 2.15. The average molecular weight is 257 g/mol. The molecule has 1 fully saturated rings. The molecular formula is C13H27N3O2. The maximum absolute atomic E-state index is 11.6. The van der Waals surface area contributed by atoms with Crippen molar-refractivity contribution in [2.24, 2.45) is 5.92 Å². The molecule has 1 heterocycles. The third-order valence-corrected chi connectivity index (χ3v) is 3.39. The minimum Gasteiger partial charge on any atom is -0.383 e. The highest BCUT2D eigenvalue weighted by molar-refractivity contribution is 5.77. The number of rotatable bonds is 8. The fourth-order valence-corrected chi connectivity index (χ4v) is 2.25. The van der Waals surface area contributed by atoms with E-state index in [4.69, 9.17) is 4.74 Å². The Morgan fingerprint density at radius 1 is 1.39 bits per heavy atom. The summed E-state index contributed by atoms with van der Waals surface area (Å²) in [6.45, 7) is 8.08. The Morgan fingerprint density at radius 2 is 2.11 bits per heavy atom. The van der Waals surface area contributed by atoms with Crippen LogP contribution in [0.3, 0.4) is 0 Å². The van der Waals surface area contributed by atoms with Crippen LogP contribution in [0.5, 0.6) is 0 Å². The number of amides is 1. The van der Waals surface area contributed by atoms with Crippen molar-refractivity contribution >= 4 is 5.91 Å². The number of carbonyl (C=O) groups is 1. The number of nitrogens with zero attached hydrogens (tertiary/aromatic N) is 1. The lowest BCUT2D eigenvalue weighted by Crippen LogP contribution is -2.43. The second kappa shape index (κ2) is 9.30. The van der Waals surface area contributed by atoms with Crippen LogP contribution in [-0.4, -0.2) is 63.8 Å². The number of methoxy groups -OCH3 is 1. The topological polar surface area (TPSA) is 53.6 Å². The van der Waals surface area contributed by atoms with Crippen molar-refractivity contribution in [2.45, 2.75) is 19.8 Å². The van der Waals surface area contributed by atoms with Crippen molar-refractivity contribution < 1.29 is 9.53 Å². The molecule has 0 aromatic carbocycles. The number of hydrogen-bond acceptors (Lipinski definition) is 4. The second-order valence-corrected chi connectivity index (χ2v) is 4.87. The molecule has 0 saturated carbocycles. The highest BCUT2D eigenvalue weighted by Gasteiger charge is 2.20. The summed E-state index contributed by atoms with van der Waals surface area (Å²) in [5, 5.41) is 6.25. The van der Waals surface area contributed by atoms with E-state index in [-0.39, 0.29) is 5.91 Å². The lowest BCUT2D eigenvalue weighted by Gasteiger charge is -2.31. The van der Waals surface area contributed by atoms with Gasteiger partial charge in [0, 0.05) is 13.7 Å². The number of likely N-dealkylation sites (tertiary alicyclic amines) is 1. The van der Waals surface area contributed by atoms with Gasteiger partial charge in [-0.2, -0.15) is 0 Å². The van der Waals surface area contributed by atoms with Gasteiger partial charge in [-0.3, -0.25) is 9.69 Å². The van der Waals surface area contributed by atoms with Crippen molar-refractivity contribution in [3.05, 3.63) is 0 Å². The molecule has 0 aliphatic carbocycles. The van der Waals surface area contributed by atoms with Gasteiger partial charge in [-0.1, -0.05) is 6.92 Å². The molecule has 0 radical (unpaired) electrons. The van der Waals surface area contributed by atoms with Crippen LogP contribution < -0.4 is 10.6 Å². The zero-order chi connectivity index (χ0) is 13.2. The molecule has 0 aromatic rings. The van der Waals surface area contributed by atoms with Gasteiger partial charge in [0.25, 0.3) is 0 Å². The van der Waals surface area contributed by atoms with E-state index >= 15 is 0 Å². The van der Waals surface area contributed by atoms with Crippen molar-refractivity contribution in [3.8, 4) is 0 Å². The SMILES string of the molecule is CCNCC1CCN(CC(=O)NCCOC)CC1. The summed E-state index contributed by atoms with van der Waals surface area (Å²) in [4.78, 5) is 13.9. The normalized spacial score (nSPS) is 17.9. The van der Waals surface area contributed by atoms with E-state index in [1.165, 1.54) is 12.8 Å². The summed E-state index contributed by atoms with van der Waals surface area (Å²) in [5.74, 6) is 0.884. The van der Waals surface area contributed by atoms with E-state index in [1.54, 1.807) is 7.11 Å². The Balaban J connectivity index is 2.09. The summed E-state index contributed by atoms with van der Waals surface area (Å²) >= 11 is 0. The van der Waals surface area contributed by atoms with Crippen LogP contribution >= 0.6 is 0 Å². The van der Waals surface area contributed by atoms with Gasteiger partial charge >= 0.3 is 0 Å². The van der Waals surface area contributed by atoms with Crippen LogP contribution in [0, 0.1) is 5.92 Å². The first-order valence-corrected chi connectivity index (χ1v) is 6.95. The number of nitrogens with one attached hydrogen (secondary N) is 2. The first-order chi connectivity index (χ1) is 8.76. The molecule has 106 valence electrons. The largest absolute Gasteiger partial charge is 0.383 e. The second-order valence-electron chi connectivity index (χ2n) is 4.87. The van der Waals surface area contributed by atoms with Crippen molar-refractivity contribution in [1.29, 1.82) is 0 Å². The van der Waals surface area contributed by atoms with Crippen molar-refractivity contribution in [1.82, 2.24) is 15.5 Å². The Kier molecular flexibility index (Phi) is 7.96. The van der Waals surface area contributed by atoms with Gasteiger partial charge in [0.1, 0.15) is 0 Å². The van der Waals surface area contributed by atoms with Gasteiger partial charge < -0.3 is 15.4 Å². The lowest BCUT2D eigenvalue weighted by atomic mass is 9.97. The maximum atomic E-state index is 11.6. The maximum Gasteiger partial charge on any atom is 0.234 e. The molecule has 1 aliphatic heterocycles. The van der Waals surface area contributed by atoms with E-state index in [0.717, 1.165) is 32.1 Å². The van der Waals surface area contributed by atoms with Gasteiger partial charge in [-0.15, -0.1) is 0 Å².